The quantitative estimate of drug-likeness (QED) is 0.907. The van der Waals surface area contributed by atoms with Crippen molar-refractivity contribution in [3.05, 3.63) is 47.5 Å². The van der Waals surface area contributed by atoms with Gasteiger partial charge in [-0.05, 0) is 24.6 Å². The van der Waals surface area contributed by atoms with Crippen LogP contribution in [0.25, 0.3) is 0 Å². The van der Waals surface area contributed by atoms with Crippen molar-refractivity contribution in [2.24, 2.45) is 0 Å². The number of anilines is 1. The summed E-state index contributed by atoms with van der Waals surface area (Å²) in [5.74, 6) is 0.960. The third-order valence-corrected chi connectivity index (χ3v) is 4.11. The number of imidazole rings is 1. The van der Waals surface area contributed by atoms with E-state index in [2.05, 4.69) is 20.2 Å². The maximum Gasteiger partial charge on any atom is 0.321 e. The molecule has 6 nitrogen and oxygen atoms in total. The number of benzene rings is 1. The molecule has 2 amide bonds. The van der Waals surface area contributed by atoms with Gasteiger partial charge < -0.3 is 15.2 Å². The maximum absolute atomic E-state index is 12.4. The number of amides is 2. The normalized spacial score (nSPS) is 16.1. The predicted molar refractivity (Wildman–Crippen MR) is 90.5 cm³/mol. The van der Waals surface area contributed by atoms with Crippen LogP contribution in [0.5, 0.6) is 0 Å². The van der Waals surface area contributed by atoms with Crippen molar-refractivity contribution in [1.82, 2.24) is 19.8 Å². The number of urea groups is 1. The second-order valence-corrected chi connectivity index (χ2v) is 6.03. The van der Waals surface area contributed by atoms with Crippen molar-refractivity contribution in [3.63, 3.8) is 0 Å². The molecule has 1 aliphatic heterocycles. The lowest BCUT2D eigenvalue weighted by molar-refractivity contribution is 0.210. The van der Waals surface area contributed by atoms with E-state index in [0.29, 0.717) is 11.6 Å². The van der Waals surface area contributed by atoms with E-state index in [1.165, 1.54) is 0 Å². The minimum Gasteiger partial charge on any atom is -0.348 e. The first kappa shape index (κ1) is 15.8. The largest absolute Gasteiger partial charge is 0.348 e. The van der Waals surface area contributed by atoms with Crippen LogP contribution in [0, 0.1) is 0 Å². The van der Waals surface area contributed by atoms with Crippen molar-refractivity contribution in [2.45, 2.75) is 13.0 Å². The zero-order chi connectivity index (χ0) is 16.1. The molecule has 0 atom stereocenters. The first-order valence-corrected chi connectivity index (χ1v) is 8.10. The minimum absolute atomic E-state index is 0.0767. The molecule has 7 heteroatoms. The highest BCUT2D eigenvalue weighted by Crippen LogP contribution is 2.16. The van der Waals surface area contributed by atoms with E-state index >= 15 is 0 Å². The molecule has 2 N–H and O–H groups in total. The van der Waals surface area contributed by atoms with Gasteiger partial charge in [-0.2, -0.15) is 0 Å². The second kappa shape index (κ2) is 7.48. The zero-order valence-electron chi connectivity index (χ0n) is 12.8. The highest BCUT2D eigenvalue weighted by Gasteiger charge is 2.19. The molecule has 1 fully saturated rings. The monoisotopic (exact) mass is 333 g/mol. The molecule has 0 saturated carbocycles. The third-order valence-electron chi connectivity index (χ3n) is 3.88. The smallest absolute Gasteiger partial charge is 0.321 e. The molecule has 1 saturated heterocycles. The van der Waals surface area contributed by atoms with Gasteiger partial charge in [-0.15, -0.1) is 0 Å². The Balaban J connectivity index is 1.53. The molecule has 2 heterocycles. The summed E-state index contributed by atoms with van der Waals surface area (Å²) in [6.45, 7) is 4.04. The standard InChI is InChI=1S/C16H20ClN5O/c17-13-3-1-4-14(11-13)20-16(23)22-8-2-7-21(9-10-22)12-15-18-5-6-19-15/h1,3-6,11H,2,7-10,12H2,(H,18,19)(H,20,23). The second-order valence-electron chi connectivity index (χ2n) is 5.59. The molecule has 0 bridgehead atoms. The van der Waals surface area contributed by atoms with Gasteiger partial charge >= 0.3 is 6.03 Å². The van der Waals surface area contributed by atoms with Crippen LogP contribution < -0.4 is 5.32 Å². The summed E-state index contributed by atoms with van der Waals surface area (Å²) in [4.78, 5) is 23.9. The number of aromatic nitrogens is 2. The molecule has 1 aromatic carbocycles. The fourth-order valence-electron chi connectivity index (χ4n) is 2.70. The van der Waals surface area contributed by atoms with Gasteiger partial charge in [0, 0.05) is 49.3 Å². The first-order valence-electron chi connectivity index (χ1n) is 7.73. The number of nitrogens with one attached hydrogen (secondary N) is 2. The van der Waals surface area contributed by atoms with Crippen molar-refractivity contribution in [2.75, 3.05) is 31.5 Å². The van der Waals surface area contributed by atoms with Gasteiger partial charge in [0.15, 0.2) is 0 Å². The molecule has 0 unspecified atom stereocenters. The van der Waals surface area contributed by atoms with E-state index in [1.807, 2.05) is 23.2 Å². The third kappa shape index (κ3) is 4.46. The number of H-pyrrole nitrogens is 1. The summed E-state index contributed by atoms with van der Waals surface area (Å²) in [6, 6.07) is 7.12. The van der Waals surface area contributed by atoms with Gasteiger partial charge in [0.1, 0.15) is 5.82 Å². The Kier molecular flexibility index (Phi) is 5.15. The Morgan fingerprint density at radius 2 is 2.22 bits per heavy atom. The van der Waals surface area contributed by atoms with Crippen LogP contribution in [-0.4, -0.2) is 52.0 Å². The number of halogens is 1. The van der Waals surface area contributed by atoms with Crippen LogP contribution in [0.3, 0.4) is 0 Å². The molecule has 23 heavy (non-hydrogen) atoms. The van der Waals surface area contributed by atoms with Gasteiger partial charge in [-0.25, -0.2) is 9.78 Å². The molecular weight excluding hydrogens is 314 g/mol. The summed E-state index contributed by atoms with van der Waals surface area (Å²) < 4.78 is 0. The molecule has 1 aliphatic rings. The topological polar surface area (TPSA) is 64.3 Å². The number of aromatic amines is 1. The van der Waals surface area contributed by atoms with E-state index in [9.17, 15) is 4.79 Å². The minimum atomic E-state index is -0.0767. The van der Waals surface area contributed by atoms with Crippen LogP contribution in [0.1, 0.15) is 12.2 Å². The predicted octanol–water partition coefficient (Wildman–Crippen LogP) is 2.80. The summed E-state index contributed by atoms with van der Waals surface area (Å²) in [5.41, 5.74) is 0.721. The lowest BCUT2D eigenvalue weighted by Crippen LogP contribution is -2.38. The maximum atomic E-state index is 12.4. The van der Waals surface area contributed by atoms with Gasteiger partial charge in [-0.3, -0.25) is 4.90 Å². The van der Waals surface area contributed by atoms with Crippen LogP contribution in [0.2, 0.25) is 5.02 Å². The summed E-state index contributed by atoms with van der Waals surface area (Å²) in [5, 5.41) is 3.52. The molecule has 0 radical (unpaired) electrons. The Labute approximate surface area is 140 Å². The molecule has 122 valence electrons. The van der Waals surface area contributed by atoms with Crippen LogP contribution in [0.15, 0.2) is 36.7 Å². The number of hydrogen-bond donors (Lipinski definition) is 2. The Bertz CT molecular complexity index is 646. The van der Waals surface area contributed by atoms with Crippen molar-refractivity contribution < 1.29 is 4.79 Å². The summed E-state index contributed by atoms with van der Waals surface area (Å²) in [7, 11) is 0. The number of nitrogens with zero attached hydrogens (tertiary/aromatic N) is 3. The van der Waals surface area contributed by atoms with Crippen molar-refractivity contribution in [1.29, 1.82) is 0 Å². The number of hydrogen-bond acceptors (Lipinski definition) is 3. The van der Waals surface area contributed by atoms with Gasteiger partial charge in [-0.1, -0.05) is 17.7 Å². The Morgan fingerprint density at radius 1 is 1.30 bits per heavy atom. The van der Waals surface area contributed by atoms with Crippen LogP contribution >= 0.6 is 11.6 Å². The number of carbonyl (C=O) groups is 1. The number of rotatable bonds is 3. The van der Waals surface area contributed by atoms with Crippen LogP contribution in [-0.2, 0) is 6.54 Å². The van der Waals surface area contributed by atoms with Gasteiger partial charge in [0.2, 0.25) is 0 Å². The van der Waals surface area contributed by atoms with Crippen molar-refractivity contribution >= 4 is 23.3 Å². The fraction of sp³-hybridized carbons (Fsp3) is 0.375. The first-order chi connectivity index (χ1) is 11.2. The SMILES string of the molecule is O=C(Nc1cccc(Cl)c1)N1CCCN(Cc2ncc[nH]2)CC1. The molecule has 0 aliphatic carbocycles. The van der Waals surface area contributed by atoms with E-state index < -0.39 is 0 Å². The van der Waals surface area contributed by atoms with Crippen molar-refractivity contribution in [3.8, 4) is 0 Å². The molecule has 0 spiro atoms. The lowest BCUT2D eigenvalue weighted by atomic mass is 10.3. The molecule has 2 aromatic rings. The van der Waals surface area contributed by atoms with E-state index in [0.717, 1.165) is 44.1 Å². The van der Waals surface area contributed by atoms with E-state index in [-0.39, 0.29) is 6.03 Å². The summed E-state index contributed by atoms with van der Waals surface area (Å²) in [6.07, 6.45) is 4.54. The molecular formula is C16H20ClN5O. The van der Waals surface area contributed by atoms with E-state index in [1.54, 1.807) is 18.3 Å². The fourth-order valence-corrected chi connectivity index (χ4v) is 2.89. The zero-order valence-corrected chi connectivity index (χ0v) is 13.6. The highest BCUT2D eigenvalue weighted by atomic mass is 35.5. The molecule has 1 aromatic heterocycles. The average molecular weight is 334 g/mol. The Morgan fingerprint density at radius 3 is 3.00 bits per heavy atom. The lowest BCUT2D eigenvalue weighted by Gasteiger charge is -2.22. The molecule has 3 rings (SSSR count). The van der Waals surface area contributed by atoms with E-state index in [4.69, 9.17) is 11.6 Å². The van der Waals surface area contributed by atoms with Crippen LogP contribution in [0.4, 0.5) is 10.5 Å². The number of carbonyl (C=O) groups excluding carboxylic acids is 1. The Hall–Kier alpha value is -2.05. The summed E-state index contributed by atoms with van der Waals surface area (Å²) >= 11 is 5.95. The van der Waals surface area contributed by atoms with Gasteiger partial charge in [0.05, 0.1) is 6.54 Å². The van der Waals surface area contributed by atoms with Gasteiger partial charge in [0.25, 0.3) is 0 Å². The average Bonchev–Trinajstić information content (AvgIpc) is 2.91. The highest BCUT2D eigenvalue weighted by molar-refractivity contribution is 6.30.